The number of aromatic nitrogens is 2. The lowest BCUT2D eigenvalue weighted by atomic mass is 10.1. The first-order chi connectivity index (χ1) is 15.0. The molecule has 0 radical (unpaired) electrons. The molecule has 1 aliphatic heterocycles. The smallest absolute Gasteiger partial charge is 0.253 e. The molecule has 31 heavy (non-hydrogen) atoms. The van der Waals surface area contributed by atoms with E-state index in [1.54, 1.807) is 0 Å². The molecule has 2 aromatic carbocycles. The van der Waals surface area contributed by atoms with E-state index in [1.165, 1.54) is 11.1 Å². The van der Waals surface area contributed by atoms with Crippen LogP contribution in [0.3, 0.4) is 0 Å². The van der Waals surface area contributed by atoms with Crippen molar-refractivity contribution in [2.75, 3.05) is 40.3 Å². The number of amides is 1. The van der Waals surface area contributed by atoms with Crippen LogP contribution in [0.4, 0.5) is 0 Å². The lowest BCUT2D eigenvalue weighted by Gasteiger charge is -2.18. The minimum absolute atomic E-state index is 0.0647. The fraction of sp³-hybridized carbons (Fsp3) is 0.440. The SMILES string of the molecule is CCN(CC)C(=O)c1ccc2c(c1)nc(Cc1ccc3c(c1)CCO3)n2CCN(C)C. The molecular weight excluding hydrogens is 388 g/mol. The standard InChI is InChI=1S/C25H32N4O2/c1-5-28(6-2)25(30)20-8-9-22-21(17-20)26-24(29(22)13-12-27(3)4)16-18-7-10-23-19(15-18)11-14-31-23/h7-10,15,17H,5-6,11-14,16H2,1-4H3. The van der Waals surface area contributed by atoms with E-state index in [-0.39, 0.29) is 5.91 Å². The third-order valence-electron chi connectivity index (χ3n) is 6.01. The summed E-state index contributed by atoms with van der Waals surface area (Å²) in [5.41, 5.74) is 5.19. The highest BCUT2D eigenvalue weighted by molar-refractivity contribution is 5.97. The van der Waals surface area contributed by atoms with Gasteiger partial charge >= 0.3 is 0 Å². The van der Waals surface area contributed by atoms with Gasteiger partial charge in [-0.2, -0.15) is 0 Å². The van der Waals surface area contributed by atoms with Crippen LogP contribution in [0.5, 0.6) is 5.75 Å². The molecule has 6 heteroatoms. The van der Waals surface area contributed by atoms with Gasteiger partial charge in [0.1, 0.15) is 11.6 Å². The average Bonchev–Trinajstić information content (AvgIpc) is 3.36. The molecular formula is C25H32N4O2. The van der Waals surface area contributed by atoms with Crippen LogP contribution in [0, 0.1) is 0 Å². The zero-order valence-corrected chi connectivity index (χ0v) is 19.0. The molecule has 1 amide bonds. The first kappa shape index (κ1) is 21.4. The van der Waals surface area contributed by atoms with E-state index in [0.717, 1.165) is 55.1 Å². The van der Waals surface area contributed by atoms with Gasteiger partial charge in [0.25, 0.3) is 5.91 Å². The van der Waals surface area contributed by atoms with E-state index in [0.29, 0.717) is 18.7 Å². The van der Waals surface area contributed by atoms with Gasteiger partial charge in [-0.25, -0.2) is 4.98 Å². The van der Waals surface area contributed by atoms with Crippen molar-refractivity contribution in [3.8, 4) is 5.75 Å². The number of carbonyl (C=O) groups excluding carboxylic acids is 1. The van der Waals surface area contributed by atoms with E-state index in [1.807, 2.05) is 30.9 Å². The minimum atomic E-state index is 0.0647. The first-order valence-corrected chi connectivity index (χ1v) is 11.2. The summed E-state index contributed by atoms with van der Waals surface area (Å²) in [4.78, 5) is 21.8. The maximum atomic E-state index is 12.8. The Morgan fingerprint density at radius 3 is 2.68 bits per heavy atom. The third-order valence-corrected chi connectivity index (χ3v) is 6.01. The lowest BCUT2D eigenvalue weighted by Crippen LogP contribution is -2.30. The van der Waals surface area contributed by atoms with Crippen molar-refractivity contribution in [3.05, 3.63) is 58.9 Å². The zero-order chi connectivity index (χ0) is 22.0. The minimum Gasteiger partial charge on any atom is -0.493 e. The number of rotatable bonds is 8. The second-order valence-corrected chi connectivity index (χ2v) is 8.38. The largest absolute Gasteiger partial charge is 0.493 e. The molecule has 164 valence electrons. The Morgan fingerprint density at radius 2 is 1.94 bits per heavy atom. The second kappa shape index (κ2) is 9.10. The Bertz CT molecular complexity index is 1080. The Hall–Kier alpha value is -2.86. The van der Waals surface area contributed by atoms with Crippen LogP contribution in [0.25, 0.3) is 11.0 Å². The number of nitrogens with zero attached hydrogens (tertiary/aromatic N) is 4. The van der Waals surface area contributed by atoms with Crippen LogP contribution in [-0.4, -0.2) is 65.6 Å². The van der Waals surface area contributed by atoms with Gasteiger partial charge in [-0.15, -0.1) is 0 Å². The van der Waals surface area contributed by atoms with Gasteiger partial charge < -0.3 is 19.1 Å². The molecule has 2 heterocycles. The molecule has 6 nitrogen and oxygen atoms in total. The molecule has 0 unspecified atom stereocenters. The number of ether oxygens (including phenoxy) is 1. The number of carbonyl (C=O) groups is 1. The van der Waals surface area contributed by atoms with Crippen molar-refractivity contribution in [1.82, 2.24) is 19.4 Å². The summed E-state index contributed by atoms with van der Waals surface area (Å²) in [5, 5.41) is 0. The summed E-state index contributed by atoms with van der Waals surface area (Å²) >= 11 is 0. The van der Waals surface area contributed by atoms with Gasteiger partial charge in [0, 0.05) is 44.6 Å². The third kappa shape index (κ3) is 4.44. The van der Waals surface area contributed by atoms with Crippen LogP contribution in [-0.2, 0) is 19.4 Å². The normalized spacial score (nSPS) is 12.9. The van der Waals surface area contributed by atoms with Gasteiger partial charge in [0.2, 0.25) is 0 Å². The quantitative estimate of drug-likeness (QED) is 0.559. The highest BCUT2D eigenvalue weighted by Gasteiger charge is 2.18. The number of imidazole rings is 1. The van der Waals surface area contributed by atoms with Crippen molar-refractivity contribution < 1.29 is 9.53 Å². The predicted octanol–water partition coefficient (Wildman–Crippen LogP) is 3.61. The summed E-state index contributed by atoms with van der Waals surface area (Å²) < 4.78 is 7.95. The molecule has 0 fully saturated rings. The Labute approximate surface area is 184 Å². The lowest BCUT2D eigenvalue weighted by molar-refractivity contribution is 0.0773. The van der Waals surface area contributed by atoms with E-state index in [2.05, 4.69) is 47.8 Å². The van der Waals surface area contributed by atoms with Crippen LogP contribution in [0.15, 0.2) is 36.4 Å². The summed E-state index contributed by atoms with van der Waals surface area (Å²) in [5.74, 6) is 2.10. The van der Waals surface area contributed by atoms with Crippen molar-refractivity contribution in [1.29, 1.82) is 0 Å². The maximum absolute atomic E-state index is 12.8. The Balaban J connectivity index is 1.70. The van der Waals surface area contributed by atoms with Crippen LogP contribution in [0.1, 0.15) is 41.2 Å². The maximum Gasteiger partial charge on any atom is 0.253 e. The van der Waals surface area contributed by atoms with E-state index < -0.39 is 0 Å². The second-order valence-electron chi connectivity index (χ2n) is 8.38. The molecule has 0 N–H and O–H groups in total. The molecule has 0 atom stereocenters. The molecule has 3 aromatic rings. The van der Waals surface area contributed by atoms with Crippen molar-refractivity contribution in [3.63, 3.8) is 0 Å². The van der Waals surface area contributed by atoms with Gasteiger partial charge in [0.15, 0.2) is 0 Å². The molecule has 1 aliphatic rings. The summed E-state index contributed by atoms with van der Waals surface area (Å²) in [6.45, 7) is 7.98. The topological polar surface area (TPSA) is 50.6 Å². The summed E-state index contributed by atoms with van der Waals surface area (Å²) in [6.07, 6.45) is 1.73. The molecule has 0 aliphatic carbocycles. The fourth-order valence-electron chi connectivity index (χ4n) is 4.22. The predicted molar refractivity (Wildman–Crippen MR) is 124 cm³/mol. The highest BCUT2D eigenvalue weighted by atomic mass is 16.5. The van der Waals surface area contributed by atoms with Gasteiger partial charge in [0.05, 0.1) is 17.6 Å². The van der Waals surface area contributed by atoms with Gasteiger partial charge in [-0.3, -0.25) is 4.79 Å². The van der Waals surface area contributed by atoms with Crippen molar-refractivity contribution in [2.24, 2.45) is 0 Å². The summed E-state index contributed by atoms with van der Waals surface area (Å²) in [6, 6.07) is 12.4. The Kier molecular flexibility index (Phi) is 6.28. The molecule has 0 saturated heterocycles. The molecule has 0 spiro atoms. The molecule has 0 saturated carbocycles. The van der Waals surface area contributed by atoms with E-state index >= 15 is 0 Å². The Morgan fingerprint density at radius 1 is 1.13 bits per heavy atom. The number of hydrogen-bond acceptors (Lipinski definition) is 4. The zero-order valence-electron chi connectivity index (χ0n) is 19.0. The number of fused-ring (bicyclic) bond motifs is 2. The van der Waals surface area contributed by atoms with Crippen molar-refractivity contribution in [2.45, 2.75) is 33.2 Å². The van der Waals surface area contributed by atoms with Crippen molar-refractivity contribution >= 4 is 16.9 Å². The number of likely N-dealkylation sites (N-methyl/N-ethyl adjacent to an activating group) is 1. The molecule has 0 bridgehead atoms. The van der Waals surface area contributed by atoms with E-state index in [9.17, 15) is 4.79 Å². The van der Waals surface area contributed by atoms with Gasteiger partial charge in [-0.1, -0.05) is 12.1 Å². The highest BCUT2D eigenvalue weighted by Crippen LogP contribution is 2.27. The van der Waals surface area contributed by atoms with Crippen LogP contribution < -0.4 is 4.74 Å². The first-order valence-electron chi connectivity index (χ1n) is 11.2. The van der Waals surface area contributed by atoms with Gasteiger partial charge in [-0.05, 0) is 63.3 Å². The molecule has 4 rings (SSSR count). The number of hydrogen-bond donors (Lipinski definition) is 0. The average molecular weight is 421 g/mol. The van der Waals surface area contributed by atoms with Crippen LogP contribution >= 0.6 is 0 Å². The fourth-order valence-corrected chi connectivity index (χ4v) is 4.22. The van der Waals surface area contributed by atoms with Crippen LogP contribution in [0.2, 0.25) is 0 Å². The molecule has 1 aromatic heterocycles. The number of benzene rings is 2. The van der Waals surface area contributed by atoms with E-state index in [4.69, 9.17) is 9.72 Å². The summed E-state index contributed by atoms with van der Waals surface area (Å²) in [7, 11) is 4.17. The monoisotopic (exact) mass is 420 g/mol.